The summed E-state index contributed by atoms with van der Waals surface area (Å²) in [5.74, 6) is 0.705. The minimum Gasteiger partial charge on any atom is -0.332 e. The van der Waals surface area contributed by atoms with E-state index in [0.29, 0.717) is 31.4 Å². The van der Waals surface area contributed by atoms with E-state index >= 15 is 0 Å². The number of aromatic nitrogens is 2. The average molecular weight is 272 g/mol. The van der Waals surface area contributed by atoms with E-state index in [1.54, 1.807) is 0 Å². The molecular weight excluding hydrogens is 252 g/mol. The van der Waals surface area contributed by atoms with E-state index < -0.39 is 10.0 Å². The SMILES string of the molecule is CCc1ncc(S(=O)(=O)N2CCC(N(C)C)C2)[nH]1. The number of rotatable bonds is 4. The van der Waals surface area contributed by atoms with Gasteiger partial charge >= 0.3 is 0 Å². The van der Waals surface area contributed by atoms with E-state index in [0.717, 1.165) is 6.42 Å². The van der Waals surface area contributed by atoms with Gasteiger partial charge in [0.15, 0.2) is 5.03 Å². The molecule has 0 aromatic carbocycles. The van der Waals surface area contributed by atoms with E-state index in [1.165, 1.54) is 10.5 Å². The highest BCUT2D eigenvalue weighted by molar-refractivity contribution is 7.89. The van der Waals surface area contributed by atoms with Crippen LogP contribution in [0.2, 0.25) is 0 Å². The number of hydrogen-bond acceptors (Lipinski definition) is 4. The molecule has 1 atom stereocenters. The van der Waals surface area contributed by atoms with Crippen molar-refractivity contribution in [2.45, 2.75) is 30.8 Å². The summed E-state index contributed by atoms with van der Waals surface area (Å²) in [6, 6.07) is 0.299. The van der Waals surface area contributed by atoms with Crippen molar-refractivity contribution >= 4 is 10.0 Å². The van der Waals surface area contributed by atoms with Gasteiger partial charge in [-0.2, -0.15) is 4.31 Å². The zero-order valence-corrected chi connectivity index (χ0v) is 11.9. The maximum Gasteiger partial charge on any atom is 0.260 e. The molecule has 2 heterocycles. The minimum atomic E-state index is -3.41. The topological polar surface area (TPSA) is 69.3 Å². The normalized spacial score (nSPS) is 21.9. The Morgan fingerprint density at radius 1 is 1.56 bits per heavy atom. The van der Waals surface area contributed by atoms with Crippen LogP contribution in [0.15, 0.2) is 11.2 Å². The zero-order chi connectivity index (χ0) is 13.3. The van der Waals surface area contributed by atoms with E-state index in [9.17, 15) is 8.42 Å². The zero-order valence-electron chi connectivity index (χ0n) is 11.0. The Morgan fingerprint density at radius 2 is 2.28 bits per heavy atom. The predicted molar refractivity (Wildman–Crippen MR) is 68.8 cm³/mol. The molecule has 6 nitrogen and oxygen atoms in total. The lowest BCUT2D eigenvalue weighted by Gasteiger charge is -2.19. The lowest BCUT2D eigenvalue weighted by atomic mass is 10.2. The molecule has 102 valence electrons. The van der Waals surface area contributed by atoms with E-state index in [4.69, 9.17) is 0 Å². The van der Waals surface area contributed by atoms with Gasteiger partial charge in [0, 0.05) is 25.6 Å². The number of hydrogen-bond donors (Lipinski definition) is 1. The summed E-state index contributed by atoms with van der Waals surface area (Å²) in [5.41, 5.74) is 0. The number of likely N-dealkylation sites (N-methyl/N-ethyl adjacent to an activating group) is 1. The molecule has 1 N–H and O–H groups in total. The van der Waals surface area contributed by atoms with Gasteiger partial charge < -0.3 is 9.88 Å². The molecule has 0 aliphatic carbocycles. The quantitative estimate of drug-likeness (QED) is 0.856. The first-order valence-electron chi connectivity index (χ1n) is 6.15. The van der Waals surface area contributed by atoms with Crippen molar-refractivity contribution in [2.24, 2.45) is 0 Å². The smallest absolute Gasteiger partial charge is 0.260 e. The molecule has 2 rings (SSSR count). The third kappa shape index (κ3) is 2.43. The highest BCUT2D eigenvalue weighted by Gasteiger charge is 2.34. The molecule has 1 aliphatic rings. The van der Waals surface area contributed by atoms with Crippen molar-refractivity contribution in [3.05, 3.63) is 12.0 Å². The number of sulfonamides is 1. The second-order valence-electron chi connectivity index (χ2n) is 4.82. The number of nitrogens with one attached hydrogen (secondary N) is 1. The fraction of sp³-hybridized carbons (Fsp3) is 0.727. The van der Waals surface area contributed by atoms with Crippen LogP contribution in [0.1, 0.15) is 19.2 Å². The van der Waals surface area contributed by atoms with Crippen molar-refractivity contribution in [3.8, 4) is 0 Å². The molecule has 0 spiro atoms. The first kappa shape index (κ1) is 13.5. The summed E-state index contributed by atoms with van der Waals surface area (Å²) in [7, 11) is 0.551. The lowest BCUT2D eigenvalue weighted by Crippen LogP contribution is -2.34. The van der Waals surface area contributed by atoms with Gasteiger partial charge in [0.05, 0.1) is 6.20 Å². The molecule has 1 aromatic rings. The average Bonchev–Trinajstić information content (AvgIpc) is 2.98. The van der Waals surface area contributed by atoms with E-state index in [2.05, 4.69) is 14.9 Å². The Morgan fingerprint density at radius 3 is 2.78 bits per heavy atom. The van der Waals surface area contributed by atoms with Gasteiger partial charge in [-0.25, -0.2) is 13.4 Å². The molecular formula is C11H20N4O2S. The second kappa shape index (κ2) is 4.99. The molecule has 1 unspecified atom stereocenters. The molecule has 0 radical (unpaired) electrons. The van der Waals surface area contributed by atoms with Crippen LogP contribution in [0.4, 0.5) is 0 Å². The number of aromatic amines is 1. The summed E-state index contributed by atoms with van der Waals surface area (Å²) in [4.78, 5) is 8.99. The fourth-order valence-corrected chi connectivity index (χ4v) is 3.57. The molecule has 1 aromatic heterocycles. The summed E-state index contributed by atoms with van der Waals surface area (Å²) >= 11 is 0. The lowest BCUT2D eigenvalue weighted by molar-refractivity contribution is 0.302. The first-order chi connectivity index (χ1) is 8.45. The van der Waals surface area contributed by atoms with Crippen LogP contribution < -0.4 is 0 Å². The Hall–Kier alpha value is -0.920. The molecule has 0 saturated carbocycles. The van der Waals surface area contributed by atoms with Crippen LogP contribution in [-0.4, -0.2) is 60.8 Å². The second-order valence-corrected chi connectivity index (χ2v) is 6.72. The molecule has 1 fully saturated rings. The first-order valence-corrected chi connectivity index (χ1v) is 7.59. The van der Waals surface area contributed by atoms with Crippen LogP contribution in [0.5, 0.6) is 0 Å². The van der Waals surface area contributed by atoms with Gasteiger partial charge in [-0.3, -0.25) is 0 Å². The van der Waals surface area contributed by atoms with Gasteiger partial charge in [0.2, 0.25) is 0 Å². The van der Waals surface area contributed by atoms with Gasteiger partial charge in [-0.15, -0.1) is 0 Å². The van der Waals surface area contributed by atoms with Crippen molar-refractivity contribution in [3.63, 3.8) is 0 Å². The molecule has 1 aliphatic heterocycles. The summed E-state index contributed by atoms with van der Waals surface area (Å²) in [5, 5.41) is 0.207. The maximum atomic E-state index is 12.4. The van der Waals surface area contributed by atoms with Crippen molar-refractivity contribution < 1.29 is 8.42 Å². The minimum absolute atomic E-state index is 0.207. The number of H-pyrrole nitrogens is 1. The molecule has 0 amide bonds. The fourth-order valence-electron chi connectivity index (χ4n) is 2.14. The van der Waals surface area contributed by atoms with Crippen molar-refractivity contribution in [1.82, 2.24) is 19.2 Å². The monoisotopic (exact) mass is 272 g/mol. The van der Waals surface area contributed by atoms with Crippen LogP contribution in [0.25, 0.3) is 0 Å². The highest BCUT2D eigenvalue weighted by Crippen LogP contribution is 2.21. The highest BCUT2D eigenvalue weighted by atomic mass is 32.2. The molecule has 7 heteroatoms. The molecule has 0 bridgehead atoms. The van der Waals surface area contributed by atoms with Gasteiger partial charge in [0.25, 0.3) is 10.0 Å². The third-order valence-corrected chi connectivity index (χ3v) is 5.19. The summed E-state index contributed by atoms with van der Waals surface area (Å²) in [6.45, 7) is 3.06. The van der Waals surface area contributed by atoms with Crippen LogP contribution >= 0.6 is 0 Å². The Balaban J connectivity index is 2.17. The van der Waals surface area contributed by atoms with Crippen LogP contribution in [0.3, 0.4) is 0 Å². The summed E-state index contributed by atoms with van der Waals surface area (Å²) in [6.07, 6.45) is 2.99. The van der Waals surface area contributed by atoms with Crippen LogP contribution in [0, 0.1) is 0 Å². The van der Waals surface area contributed by atoms with Gasteiger partial charge in [-0.05, 0) is 20.5 Å². The number of aryl methyl sites for hydroxylation is 1. The Bertz CT molecular complexity index is 509. The third-order valence-electron chi connectivity index (χ3n) is 3.41. The number of imidazole rings is 1. The van der Waals surface area contributed by atoms with Crippen molar-refractivity contribution in [2.75, 3.05) is 27.2 Å². The van der Waals surface area contributed by atoms with E-state index in [1.807, 2.05) is 21.0 Å². The predicted octanol–water partition coefficient (Wildman–Crippen LogP) is 0.297. The Kier molecular flexibility index (Phi) is 3.74. The van der Waals surface area contributed by atoms with Crippen molar-refractivity contribution in [1.29, 1.82) is 0 Å². The Labute approximate surface area is 108 Å². The molecule has 1 saturated heterocycles. The van der Waals surface area contributed by atoms with E-state index in [-0.39, 0.29) is 5.03 Å². The maximum absolute atomic E-state index is 12.4. The van der Waals surface area contributed by atoms with Gasteiger partial charge in [-0.1, -0.05) is 6.92 Å². The van der Waals surface area contributed by atoms with Gasteiger partial charge in [0.1, 0.15) is 5.82 Å². The molecule has 18 heavy (non-hydrogen) atoms. The largest absolute Gasteiger partial charge is 0.332 e. The number of nitrogens with zero attached hydrogens (tertiary/aromatic N) is 3. The summed E-state index contributed by atoms with van der Waals surface area (Å²) < 4.78 is 26.3. The standard InChI is InChI=1S/C11H20N4O2S/c1-4-10-12-7-11(13-10)18(16,17)15-6-5-9(8-15)14(2)3/h7,9H,4-6,8H2,1-3H3,(H,12,13). The van der Waals surface area contributed by atoms with Crippen LogP contribution in [-0.2, 0) is 16.4 Å².